The quantitative estimate of drug-likeness (QED) is 0.826. The molecule has 2 aliphatic rings. The SMILES string of the molecule is CC(C)c1ccc(N2C(=O)N[C@H](CC(=O)N3CCN(C)CC3)C2=O)cc1. The van der Waals surface area contributed by atoms with Gasteiger partial charge in [0.25, 0.3) is 5.91 Å². The molecular formula is C19H26N4O3. The normalized spacial score (nSPS) is 21.5. The number of anilines is 1. The van der Waals surface area contributed by atoms with Crippen molar-refractivity contribution in [3.63, 3.8) is 0 Å². The smallest absolute Gasteiger partial charge is 0.329 e. The lowest BCUT2D eigenvalue weighted by atomic mass is 10.0. The average molecular weight is 358 g/mol. The number of piperazine rings is 1. The number of nitrogens with one attached hydrogen (secondary N) is 1. The molecule has 2 heterocycles. The van der Waals surface area contributed by atoms with E-state index in [0.717, 1.165) is 23.6 Å². The Hall–Kier alpha value is -2.41. The van der Waals surface area contributed by atoms with Crippen molar-refractivity contribution in [2.45, 2.75) is 32.2 Å². The first kappa shape index (κ1) is 18.4. The zero-order valence-electron chi connectivity index (χ0n) is 15.6. The third-order valence-electron chi connectivity index (χ3n) is 5.07. The van der Waals surface area contributed by atoms with Gasteiger partial charge >= 0.3 is 6.03 Å². The summed E-state index contributed by atoms with van der Waals surface area (Å²) in [5, 5.41) is 2.65. The summed E-state index contributed by atoms with van der Waals surface area (Å²) >= 11 is 0. The van der Waals surface area contributed by atoms with Crippen molar-refractivity contribution >= 4 is 23.5 Å². The molecule has 1 N–H and O–H groups in total. The second-order valence-electron chi connectivity index (χ2n) is 7.31. The number of carbonyl (C=O) groups excluding carboxylic acids is 3. The first-order valence-corrected chi connectivity index (χ1v) is 9.07. The van der Waals surface area contributed by atoms with E-state index < -0.39 is 12.1 Å². The highest BCUT2D eigenvalue weighted by atomic mass is 16.2. The van der Waals surface area contributed by atoms with Crippen LogP contribution in [0.2, 0.25) is 0 Å². The maximum atomic E-state index is 12.7. The summed E-state index contributed by atoms with van der Waals surface area (Å²) in [6.45, 7) is 7.14. The Morgan fingerprint density at radius 2 is 1.73 bits per heavy atom. The van der Waals surface area contributed by atoms with Crippen LogP contribution in [0.25, 0.3) is 0 Å². The van der Waals surface area contributed by atoms with Gasteiger partial charge in [0.2, 0.25) is 5.91 Å². The third-order valence-corrected chi connectivity index (χ3v) is 5.07. The summed E-state index contributed by atoms with van der Waals surface area (Å²) in [6, 6.07) is 6.13. The Bertz CT molecular complexity index is 693. The van der Waals surface area contributed by atoms with Gasteiger partial charge in [-0.25, -0.2) is 9.69 Å². The second kappa shape index (κ2) is 7.45. The maximum absolute atomic E-state index is 12.7. The number of imide groups is 1. The first-order valence-electron chi connectivity index (χ1n) is 9.07. The fourth-order valence-electron chi connectivity index (χ4n) is 3.28. The van der Waals surface area contributed by atoms with Crippen LogP contribution in [0, 0.1) is 0 Å². The minimum absolute atomic E-state index is 0.00879. The lowest BCUT2D eigenvalue weighted by Crippen LogP contribution is -2.48. The van der Waals surface area contributed by atoms with Crippen molar-refractivity contribution in [3.8, 4) is 0 Å². The fraction of sp³-hybridized carbons (Fsp3) is 0.526. The zero-order valence-corrected chi connectivity index (χ0v) is 15.6. The van der Waals surface area contributed by atoms with Gasteiger partial charge in [-0.1, -0.05) is 26.0 Å². The van der Waals surface area contributed by atoms with E-state index in [1.54, 1.807) is 17.0 Å². The molecule has 26 heavy (non-hydrogen) atoms. The van der Waals surface area contributed by atoms with Crippen LogP contribution in [0.3, 0.4) is 0 Å². The molecule has 1 atom stereocenters. The lowest BCUT2D eigenvalue weighted by Gasteiger charge is -2.32. The molecule has 1 aromatic carbocycles. The van der Waals surface area contributed by atoms with Crippen LogP contribution in [0.5, 0.6) is 0 Å². The molecule has 0 aliphatic carbocycles. The lowest BCUT2D eigenvalue weighted by molar-refractivity contribution is -0.135. The van der Waals surface area contributed by atoms with E-state index in [9.17, 15) is 14.4 Å². The van der Waals surface area contributed by atoms with Crippen molar-refractivity contribution in [2.24, 2.45) is 0 Å². The minimum Gasteiger partial charge on any atom is -0.340 e. The average Bonchev–Trinajstić information content (AvgIpc) is 2.89. The van der Waals surface area contributed by atoms with Gasteiger partial charge in [-0.15, -0.1) is 0 Å². The molecule has 3 rings (SSSR count). The standard InChI is InChI=1S/C19H26N4O3/c1-13(2)14-4-6-15(7-5-14)23-18(25)16(20-19(23)26)12-17(24)22-10-8-21(3)9-11-22/h4-7,13,16H,8-12H2,1-3H3,(H,20,26)/t16-/m1/s1. The van der Waals surface area contributed by atoms with Gasteiger partial charge in [-0.05, 0) is 30.7 Å². The van der Waals surface area contributed by atoms with Gasteiger partial charge in [0.15, 0.2) is 0 Å². The summed E-state index contributed by atoms with van der Waals surface area (Å²) < 4.78 is 0. The Morgan fingerprint density at radius 1 is 1.12 bits per heavy atom. The van der Waals surface area contributed by atoms with Crippen molar-refractivity contribution in [2.75, 3.05) is 38.1 Å². The van der Waals surface area contributed by atoms with Crippen LogP contribution in [-0.4, -0.2) is 66.9 Å². The molecule has 2 aliphatic heterocycles. The highest BCUT2D eigenvalue weighted by molar-refractivity contribution is 6.22. The molecule has 140 valence electrons. The number of likely N-dealkylation sites (N-methyl/N-ethyl adjacent to an activating group) is 1. The fourth-order valence-corrected chi connectivity index (χ4v) is 3.28. The number of benzene rings is 1. The molecule has 0 saturated carbocycles. The molecule has 2 fully saturated rings. The molecule has 1 aromatic rings. The summed E-state index contributed by atoms with van der Waals surface area (Å²) in [4.78, 5) is 42.5. The third kappa shape index (κ3) is 3.72. The van der Waals surface area contributed by atoms with Gasteiger partial charge in [-0.3, -0.25) is 9.59 Å². The molecule has 7 nitrogen and oxygen atoms in total. The van der Waals surface area contributed by atoms with Gasteiger partial charge in [0.05, 0.1) is 12.1 Å². The number of hydrogen-bond donors (Lipinski definition) is 1. The van der Waals surface area contributed by atoms with E-state index in [1.165, 1.54) is 0 Å². The molecule has 7 heteroatoms. The van der Waals surface area contributed by atoms with Crippen LogP contribution in [0.1, 0.15) is 31.7 Å². The topological polar surface area (TPSA) is 73.0 Å². The Labute approximate surface area is 153 Å². The van der Waals surface area contributed by atoms with Crippen LogP contribution in [0.15, 0.2) is 24.3 Å². The van der Waals surface area contributed by atoms with Gasteiger partial charge in [0.1, 0.15) is 6.04 Å². The van der Waals surface area contributed by atoms with E-state index in [0.29, 0.717) is 24.7 Å². The van der Waals surface area contributed by atoms with E-state index in [2.05, 4.69) is 24.1 Å². The number of hydrogen-bond acceptors (Lipinski definition) is 4. The number of rotatable bonds is 4. The van der Waals surface area contributed by atoms with Gasteiger partial charge in [0, 0.05) is 26.2 Å². The number of carbonyl (C=O) groups is 3. The molecule has 4 amide bonds. The first-order chi connectivity index (χ1) is 12.4. The Kier molecular flexibility index (Phi) is 5.27. The van der Waals surface area contributed by atoms with Crippen molar-refractivity contribution in [1.29, 1.82) is 0 Å². The largest absolute Gasteiger partial charge is 0.340 e. The summed E-state index contributed by atoms with van der Waals surface area (Å²) in [6.07, 6.45) is 0.00879. The number of amides is 4. The Morgan fingerprint density at radius 3 is 2.31 bits per heavy atom. The van der Waals surface area contributed by atoms with Crippen molar-refractivity contribution < 1.29 is 14.4 Å². The molecular weight excluding hydrogens is 332 g/mol. The maximum Gasteiger partial charge on any atom is 0.329 e. The summed E-state index contributed by atoms with van der Waals surface area (Å²) in [5.41, 5.74) is 1.68. The molecule has 0 aromatic heterocycles. The summed E-state index contributed by atoms with van der Waals surface area (Å²) in [5.74, 6) is -0.0790. The van der Waals surface area contributed by atoms with E-state index in [4.69, 9.17) is 0 Å². The predicted molar refractivity (Wildman–Crippen MR) is 99.0 cm³/mol. The number of urea groups is 1. The van der Waals surface area contributed by atoms with Crippen LogP contribution in [-0.2, 0) is 9.59 Å². The molecule has 0 spiro atoms. The monoisotopic (exact) mass is 358 g/mol. The zero-order chi connectivity index (χ0) is 18.8. The van der Waals surface area contributed by atoms with E-state index >= 15 is 0 Å². The van der Waals surface area contributed by atoms with Crippen molar-refractivity contribution in [3.05, 3.63) is 29.8 Å². The van der Waals surface area contributed by atoms with Crippen LogP contribution < -0.4 is 10.2 Å². The molecule has 2 saturated heterocycles. The van der Waals surface area contributed by atoms with Crippen LogP contribution in [0.4, 0.5) is 10.5 Å². The number of nitrogens with zero attached hydrogens (tertiary/aromatic N) is 3. The molecule has 0 bridgehead atoms. The molecule has 0 unspecified atom stereocenters. The second-order valence-corrected chi connectivity index (χ2v) is 7.31. The highest BCUT2D eigenvalue weighted by Crippen LogP contribution is 2.24. The molecule has 0 radical (unpaired) electrons. The van der Waals surface area contributed by atoms with E-state index in [1.807, 2.05) is 19.2 Å². The Balaban J connectivity index is 1.66. The van der Waals surface area contributed by atoms with Gasteiger partial charge < -0.3 is 15.1 Å². The minimum atomic E-state index is -0.792. The highest BCUT2D eigenvalue weighted by Gasteiger charge is 2.40. The summed E-state index contributed by atoms with van der Waals surface area (Å²) in [7, 11) is 2.02. The predicted octanol–water partition coefficient (Wildman–Crippen LogP) is 1.40. The van der Waals surface area contributed by atoms with Crippen molar-refractivity contribution in [1.82, 2.24) is 15.1 Å². The van der Waals surface area contributed by atoms with Crippen LogP contribution >= 0.6 is 0 Å². The van der Waals surface area contributed by atoms with Gasteiger partial charge in [-0.2, -0.15) is 0 Å². The van der Waals surface area contributed by atoms with E-state index in [-0.39, 0.29) is 18.2 Å².